The Balaban J connectivity index is 2.63. The van der Waals surface area contributed by atoms with Crippen LogP contribution in [-0.2, 0) is 14.8 Å². The van der Waals surface area contributed by atoms with Crippen LogP contribution in [0.5, 0.6) is 0 Å². The molecule has 0 aromatic heterocycles. The zero-order chi connectivity index (χ0) is 15.2. The lowest BCUT2D eigenvalue weighted by atomic mass is 9.95. The molecule has 0 bridgehead atoms. The molecule has 0 aromatic carbocycles. The van der Waals surface area contributed by atoms with Gasteiger partial charge in [-0.2, -0.15) is 4.31 Å². The molecule has 1 atom stereocenters. The third kappa shape index (κ3) is 5.79. The summed E-state index contributed by atoms with van der Waals surface area (Å²) in [5.74, 6) is -0.193. The van der Waals surface area contributed by atoms with E-state index in [1.807, 2.05) is 6.92 Å². The van der Waals surface area contributed by atoms with Crippen LogP contribution in [0.25, 0.3) is 0 Å². The molecule has 1 aliphatic rings. The third-order valence-electron chi connectivity index (χ3n) is 3.84. The summed E-state index contributed by atoms with van der Waals surface area (Å²) in [6.07, 6.45) is 8.09. The number of sulfonamides is 1. The lowest BCUT2D eigenvalue weighted by molar-refractivity contribution is -0.122. The molecule has 0 unspecified atom stereocenters. The van der Waals surface area contributed by atoms with Crippen molar-refractivity contribution in [2.45, 2.75) is 70.9 Å². The van der Waals surface area contributed by atoms with Crippen molar-refractivity contribution in [2.24, 2.45) is 0 Å². The largest absolute Gasteiger partial charge is 0.353 e. The van der Waals surface area contributed by atoms with Gasteiger partial charge in [0.15, 0.2) is 0 Å². The fourth-order valence-electron chi connectivity index (χ4n) is 2.85. The zero-order valence-corrected chi connectivity index (χ0v) is 13.7. The lowest BCUT2D eigenvalue weighted by Gasteiger charge is -2.32. The molecule has 6 heteroatoms. The first-order valence-corrected chi connectivity index (χ1v) is 9.45. The first-order valence-electron chi connectivity index (χ1n) is 7.60. The van der Waals surface area contributed by atoms with Gasteiger partial charge in [0.05, 0.1) is 12.8 Å². The van der Waals surface area contributed by atoms with Gasteiger partial charge in [-0.15, -0.1) is 0 Å². The highest BCUT2D eigenvalue weighted by molar-refractivity contribution is 7.88. The van der Waals surface area contributed by atoms with E-state index < -0.39 is 10.0 Å². The molecule has 1 fully saturated rings. The number of hydrogen-bond acceptors (Lipinski definition) is 3. The number of nitrogens with zero attached hydrogens (tertiary/aromatic N) is 1. The number of carbonyl (C=O) groups is 1. The summed E-state index contributed by atoms with van der Waals surface area (Å²) in [6, 6.07) is 0.0891. The Morgan fingerprint density at radius 1 is 1.30 bits per heavy atom. The summed E-state index contributed by atoms with van der Waals surface area (Å²) >= 11 is 0. The van der Waals surface area contributed by atoms with Crippen molar-refractivity contribution >= 4 is 15.9 Å². The Bertz CT molecular complexity index is 403. The molecule has 0 radical (unpaired) electrons. The molecule has 1 amide bonds. The smallest absolute Gasteiger partial charge is 0.235 e. The number of rotatable bonds is 7. The van der Waals surface area contributed by atoms with Crippen LogP contribution >= 0.6 is 0 Å². The summed E-state index contributed by atoms with van der Waals surface area (Å²) in [6.45, 7) is 3.97. The van der Waals surface area contributed by atoms with Gasteiger partial charge in [-0.05, 0) is 26.2 Å². The second-order valence-electron chi connectivity index (χ2n) is 5.86. The van der Waals surface area contributed by atoms with Crippen LogP contribution < -0.4 is 5.32 Å². The monoisotopic (exact) mass is 304 g/mol. The molecule has 1 rings (SSSR count). The van der Waals surface area contributed by atoms with Gasteiger partial charge in [-0.25, -0.2) is 8.42 Å². The van der Waals surface area contributed by atoms with E-state index in [2.05, 4.69) is 12.2 Å². The molecule has 118 valence electrons. The molecular weight excluding hydrogens is 276 g/mol. The van der Waals surface area contributed by atoms with Crippen LogP contribution in [0.4, 0.5) is 0 Å². The van der Waals surface area contributed by atoms with Gasteiger partial charge in [0, 0.05) is 12.1 Å². The van der Waals surface area contributed by atoms with E-state index in [4.69, 9.17) is 0 Å². The predicted molar refractivity (Wildman–Crippen MR) is 80.9 cm³/mol. The zero-order valence-electron chi connectivity index (χ0n) is 12.9. The minimum Gasteiger partial charge on any atom is -0.353 e. The Morgan fingerprint density at radius 2 is 1.90 bits per heavy atom. The molecule has 20 heavy (non-hydrogen) atoms. The highest BCUT2D eigenvalue weighted by Gasteiger charge is 2.29. The second-order valence-corrected chi connectivity index (χ2v) is 7.79. The Hall–Kier alpha value is -0.620. The van der Waals surface area contributed by atoms with E-state index in [1.54, 1.807) is 0 Å². The van der Waals surface area contributed by atoms with Crippen molar-refractivity contribution in [3.05, 3.63) is 0 Å². The predicted octanol–water partition coefficient (Wildman–Crippen LogP) is 1.89. The van der Waals surface area contributed by atoms with E-state index in [1.165, 1.54) is 10.6 Å². The van der Waals surface area contributed by atoms with Crippen LogP contribution in [0.3, 0.4) is 0 Å². The summed E-state index contributed by atoms with van der Waals surface area (Å²) in [5.41, 5.74) is 0. The molecule has 0 aromatic rings. The maximum absolute atomic E-state index is 12.0. The van der Waals surface area contributed by atoms with Crippen molar-refractivity contribution in [3.63, 3.8) is 0 Å². The molecule has 0 aliphatic heterocycles. The molecule has 0 heterocycles. The van der Waals surface area contributed by atoms with Gasteiger partial charge in [0.2, 0.25) is 15.9 Å². The first kappa shape index (κ1) is 17.4. The summed E-state index contributed by atoms with van der Waals surface area (Å²) in [5, 5.41) is 2.88. The van der Waals surface area contributed by atoms with Crippen molar-refractivity contribution in [2.75, 3.05) is 12.8 Å². The summed E-state index contributed by atoms with van der Waals surface area (Å²) < 4.78 is 25.2. The fourth-order valence-corrected chi connectivity index (χ4v) is 3.96. The van der Waals surface area contributed by atoms with Crippen molar-refractivity contribution < 1.29 is 13.2 Å². The van der Waals surface area contributed by atoms with E-state index in [9.17, 15) is 13.2 Å². The van der Waals surface area contributed by atoms with E-state index in [0.29, 0.717) is 0 Å². The van der Waals surface area contributed by atoms with Gasteiger partial charge in [0.25, 0.3) is 0 Å². The van der Waals surface area contributed by atoms with E-state index in [-0.39, 0.29) is 24.5 Å². The van der Waals surface area contributed by atoms with Crippen LogP contribution in [0, 0.1) is 0 Å². The number of hydrogen-bond donors (Lipinski definition) is 1. The van der Waals surface area contributed by atoms with Gasteiger partial charge in [-0.3, -0.25) is 4.79 Å². The second kappa shape index (κ2) is 7.98. The molecular formula is C14H28N2O3S. The molecule has 0 spiro atoms. The van der Waals surface area contributed by atoms with Crippen LogP contribution in [0.1, 0.15) is 58.8 Å². The van der Waals surface area contributed by atoms with Crippen LogP contribution in [0.15, 0.2) is 0 Å². The van der Waals surface area contributed by atoms with Gasteiger partial charge in [0.1, 0.15) is 0 Å². The molecule has 5 nitrogen and oxygen atoms in total. The van der Waals surface area contributed by atoms with E-state index >= 15 is 0 Å². The highest BCUT2D eigenvalue weighted by atomic mass is 32.2. The number of carbonyl (C=O) groups excluding carboxylic acids is 1. The average molecular weight is 304 g/mol. The highest BCUT2D eigenvalue weighted by Crippen LogP contribution is 2.24. The minimum atomic E-state index is -3.34. The molecule has 1 saturated carbocycles. The number of amides is 1. The quantitative estimate of drug-likeness (QED) is 0.781. The summed E-state index contributed by atoms with van der Waals surface area (Å²) in [7, 11) is -3.34. The van der Waals surface area contributed by atoms with Gasteiger partial charge in [-0.1, -0.05) is 32.6 Å². The minimum absolute atomic E-state index is 0.00835. The van der Waals surface area contributed by atoms with Crippen molar-refractivity contribution in [1.82, 2.24) is 9.62 Å². The van der Waals surface area contributed by atoms with Crippen molar-refractivity contribution in [3.8, 4) is 0 Å². The van der Waals surface area contributed by atoms with Gasteiger partial charge >= 0.3 is 0 Å². The maximum atomic E-state index is 12.0. The summed E-state index contributed by atoms with van der Waals surface area (Å²) in [4.78, 5) is 12.0. The Labute approximate surface area is 123 Å². The van der Waals surface area contributed by atoms with Crippen molar-refractivity contribution in [1.29, 1.82) is 0 Å². The van der Waals surface area contributed by atoms with Crippen LogP contribution in [-0.4, -0.2) is 43.5 Å². The average Bonchev–Trinajstić information content (AvgIpc) is 2.36. The van der Waals surface area contributed by atoms with Crippen LogP contribution in [0.2, 0.25) is 0 Å². The first-order chi connectivity index (χ1) is 9.34. The standard InChI is InChI=1S/C14H28N2O3S/c1-4-8-12(2)15-14(17)11-16(20(3,18)19)13-9-6-5-7-10-13/h12-13H,4-11H2,1-3H3,(H,15,17)/t12-/m0/s1. The molecule has 0 saturated heterocycles. The van der Waals surface area contributed by atoms with Gasteiger partial charge < -0.3 is 5.32 Å². The Kier molecular flexibility index (Phi) is 6.95. The van der Waals surface area contributed by atoms with E-state index in [0.717, 1.165) is 44.9 Å². The topological polar surface area (TPSA) is 66.5 Å². The normalized spacial score (nSPS) is 19.0. The lowest BCUT2D eigenvalue weighted by Crippen LogP contribution is -2.48. The molecule has 1 N–H and O–H groups in total. The maximum Gasteiger partial charge on any atom is 0.235 e. The third-order valence-corrected chi connectivity index (χ3v) is 5.12. The fraction of sp³-hybridized carbons (Fsp3) is 0.929. The SMILES string of the molecule is CCC[C@H](C)NC(=O)CN(C1CCCCC1)S(C)(=O)=O. The number of nitrogens with one attached hydrogen (secondary N) is 1. The Morgan fingerprint density at radius 3 is 2.40 bits per heavy atom. The molecule has 1 aliphatic carbocycles.